The molecular weight excluding hydrogens is 480 g/mol. The molecule has 0 fully saturated rings. The Bertz CT molecular complexity index is 1980. The zero-order chi connectivity index (χ0) is 26.3. The molecule has 5 aromatic carbocycles. The van der Waals surface area contributed by atoms with Crippen molar-refractivity contribution in [1.82, 2.24) is 30.0 Å². The molecule has 2 heterocycles. The summed E-state index contributed by atoms with van der Waals surface area (Å²) in [6.45, 7) is 5.95. The molecular formula is C33H24N6. The maximum Gasteiger partial charge on any atom is 0.114 e. The van der Waals surface area contributed by atoms with Gasteiger partial charge in [0, 0.05) is 10.9 Å². The normalized spacial score (nSPS) is 11.3. The second-order valence-electron chi connectivity index (χ2n) is 9.48. The first-order valence-electron chi connectivity index (χ1n) is 12.8. The minimum absolute atomic E-state index is 0.873. The minimum atomic E-state index is 0.873. The number of fused-ring (bicyclic) bond motifs is 3. The third-order valence-electron chi connectivity index (χ3n) is 7.16. The van der Waals surface area contributed by atoms with Gasteiger partial charge in [-0.3, -0.25) is 0 Å². The van der Waals surface area contributed by atoms with Gasteiger partial charge >= 0.3 is 0 Å². The highest BCUT2D eigenvalue weighted by atomic mass is 15.4. The summed E-state index contributed by atoms with van der Waals surface area (Å²) in [5.41, 5.74) is 10.00. The molecule has 186 valence electrons. The Labute approximate surface area is 225 Å². The van der Waals surface area contributed by atoms with Crippen molar-refractivity contribution in [1.29, 1.82) is 0 Å². The van der Waals surface area contributed by atoms with Crippen LogP contribution in [0.15, 0.2) is 116 Å². The first-order chi connectivity index (χ1) is 19.2. The lowest BCUT2D eigenvalue weighted by Gasteiger charge is -2.11. The van der Waals surface area contributed by atoms with E-state index in [1.54, 1.807) is 0 Å². The van der Waals surface area contributed by atoms with Crippen LogP contribution >= 0.6 is 0 Å². The number of hydrogen-bond acceptors (Lipinski definition) is 4. The summed E-state index contributed by atoms with van der Waals surface area (Å²) in [5, 5.41) is 20.0. The highest BCUT2D eigenvalue weighted by Crippen LogP contribution is 2.31. The third kappa shape index (κ3) is 3.81. The quantitative estimate of drug-likeness (QED) is 0.244. The Kier molecular flexibility index (Phi) is 5.37. The van der Waals surface area contributed by atoms with Gasteiger partial charge in [0.1, 0.15) is 11.0 Å². The SMILES string of the molecule is C=Cc1ccccc1-c1c(C)nnn1-c1ccc(-c2ccc(-n3nnc4ccc5ccccc5c43)cc2)cc1. The number of benzene rings is 5. The van der Waals surface area contributed by atoms with Crippen LogP contribution in [0.25, 0.3) is 61.6 Å². The van der Waals surface area contributed by atoms with Gasteiger partial charge in [0.05, 0.1) is 22.8 Å². The summed E-state index contributed by atoms with van der Waals surface area (Å²) in [7, 11) is 0. The molecule has 0 radical (unpaired) electrons. The van der Waals surface area contributed by atoms with E-state index in [1.807, 2.05) is 52.7 Å². The van der Waals surface area contributed by atoms with Gasteiger partial charge in [0.15, 0.2) is 0 Å². The number of nitrogens with zero attached hydrogens (tertiary/aromatic N) is 6. The van der Waals surface area contributed by atoms with Gasteiger partial charge in [-0.2, -0.15) is 0 Å². The summed E-state index contributed by atoms with van der Waals surface area (Å²) in [6.07, 6.45) is 1.86. The lowest BCUT2D eigenvalue weighted by atomic mass is 10.0. The average molecular weight is 505 g/mol. The van der Waals surface area contributed by atoms with Gasteiger partial charge in [-0.25, -0.2) is 9.36 Å². The van der Waals surface area contributed by atoms with Crippen molar-refractivity contribution >= 4 is 27.9 Å². The van der Waals surface area contributed by atoms with Gasteiger partial charge in [-0.15, -0.1) is 10.2 Å². The maximum atomic E-state index is 4.46. The lowest BCUT2D eigenvalue weighted by Crippen LogP contribution is -2.00. The Morgan fingerprint density at radius 3 is 2.03 bits per heavy atom. The molecule has 0 saturated heterocycles. The fourth-order valence-electron chi connectivity index (χ4n) is 5.19. The van der Waals surface area contributed by atoms with Crippen LogP contribution in [0, 0.1) is 6.92 Å². The van der Waals surface area contributed by atoms with Crippen molar-refractivity contribution in [2.24, 2.45) is 0 Å². The lowest BCUT2D eigenvalue weighted by molar-refractivity contribution is 0.805. The molecule has 7 aromatic rings. The molecule has 0 aliphatic rings. The summed E-state index contributed by atoms with van der Waals surface area (Å²) >= 11 is 0. The molecule has 0 aliphatic carbocycles. The molecule has 7 rings (SSSR count). The van der Waals surface area contributed by atoms with Gasteiger partial charge in [0.2, 0.25) is 0 Å². The average Bonchev–Trinajstić information content (AvgIpc) is 3.61. The van der Waals surface area contributed by atoms with Crippen LogP contribution in [-0.4, -0.2) is 30.0 Å². The first-order valence-corrected chi connectivity index (χ1v) is 12.8. The van der Waals surface area contributed by atoms with Gasteiger partial charge in [0.25, 0.3) is 0 Å². The van der Waals surface area contributed by atoms with Crippen LogP contribution in [0.1, 0.15) is 11.3 Å². The van der Waals surface area contributed by atoms with E-state index < -0.39 is 0 Å². The Balaban J connectivity index is 1.22. The Hall–Kier alpha value is -5.36. The summed E-state index contributed by atoms with van der Waals surface area (Å²) < 4.78 is 3.81. The maximum absolute atomic E-state index is 4.46. The Morgan fingerprint density at radius 2 is 1.28 bits per heavy atom. The van der Waals surface area contributed by atoms with Gasteiger partial charge in [-0.1, -0.05) is 102 Å². The van der Waals surface area contributed by atoms with Crippen LogP contribution in [-0.2, 0) is 0 Å². The number of rotatable bonds is 5. The van der Waals surface area contributed by atoms with E-state index in [4.69, 9.17) is 0 Å². The molecule has 39 heavy (non-hydrogen) atoms. The van der Waals surface area contributed by atoms with E-state index in [9.17, 15) is 0 Å². The van der Waals surface area contributed by atoms with Crippen LogP contribution in [0.2, 0.25) is 0 Å². The predicted molar refractivity (Wildman–Crippen MR) is 157 cm³/mol. The second-order valence-corrected chi connectivity index (χ2v) is 9.48. The fourth-order valence-corrected chi connectivity index (χ4v) is 5.19. The topological polar surface area (TPSA) is 61.4 Å². The molecule has 0 aliphatic heterocycles. The molecule has 0 atom stereocenters. The van der Waals surface area contributed by atoms with Crippen molar-refractivity contribution in [2.75, 3.05) is 0 Å². The van der Waals surface area contributed by atoms with Crippen molar-refractivity contribution in [2.45, 2.75) is 6.92 Å². The second kappa shape index (κ2) is 9.19. The first kappa shape index (κ1) is 22.8. The van der Waals surface area contributed by atoms with E-state index in [1.165, 1.54) is 5.39 Å². The van der Waals surface area contributed by atoms with E-state index in [-0.39, 0.29) is 0 Å². The summed E-state index contributed by atoms with van der Waals surface area (Å²) in [5.74, 6) is 0. The van der Waals surface area contributed by atoms with Crippen LogP contribution < -0.4 is 0 Å². The molecule has 0 unspecified atom stereocenters. The number of hydrogen-bond donors (Lipinski definition) is 0. The van der Waals surface area contributed by atoms with Crippen molar-refractivity contribution in [3.63, 3.8) is 0 Å². The molecule has 0 bridgehead atoms. The largest absolute Gasteiger partial charge is 0.213 e. The zero-order valence-electron chi connectivity index (χ0n) is 21.4. The smallest absolute Gasteiger partial charge is 0.114 e. The monoisotopic (exact) mass is 504 g/mol. The number of aromatic nitrogens is 6. The van der Waals surface area contributed by atoms with Gasteiger partial charge < -0.3 is 0 Å². The molecule has 0 spiro atoms. The van der Waals surface area contributed by atoms with Crippen LogP contribution in [0.4, 0.5) is 0 Å². The number of aryl methyl sites for hydroxylation is 1. The Morgan fingerprint density at radius 1 is 0.641 bits per heavy atom. The van der Waals surface area contributed by atoms with Crippen molar-refractivity contribution < 1.29 is 0 Å². The molecule has 0 saturated carbocycles. The standard InChI is InChI=1S/C33H24N6/c1-3-23-8-4-6-10-29(23)32-22(2)34-36-38(32)27-17-12-24(13-18-27)25-14-19-28(20-15-25)39-33-30-11-7-5-9-26(30)16-21-31(33)35-37-39/h3-21H,1H2,2H3. The predicted octanol–water partition coefficient (Wildman–Crippen LogP) is 7.44. The third-order valence-corrected chi connectivity index (χ3v) is 7.16. The molecule has 0 amide bonds. The van der Waals surface area contributed by atoms with Crippen LogP contribution in [0.5, 0.6) is 0 Å². The summed E-state index contributed by atoms with van der Waals surface area (Å²) in [6, 6.07) is 37.4. The van der Waals surface area contributed by atoms with E-state index in [0.717, 1.165) is 61.4 Å². The summed E-state index contributed by atoms with van der Waals surface area (Å²) in [4.78, 5) is 0. The molecule has 6 heteroatoms. The van der Waals surface area contributed by atoms with Crippen LogP contribution in [0.3, 0.4) is 0 Å². The molecule has 2 aromatic heterocycles. The van der Waals surface area contributed by atoms with Gasteiger partial charge in [-0.05, 0) is 59.3 Å². The fraction of sp³-hybridized carbons (Fsp3) is 0.0303. The van der Waals surface area contributed by atoms with E-state index in [0.29, 0.717) is 0 Å². The van der Waals surface area contributed by atoms with E-state index in [2.05, 4.69) is 106 Å². The minimum Gasteiger partial charge on any atom is -0.213 e. The highest BCUT2D eigenvalue weighted by molar-refractivity contribution is 6.04. The van der Waals surface area contributed by atoms with Crippen molar-refractivity contribution in [3.8, 4) is 33.8 Å². The highest BCUT2D eigenvalue weighted by Gasteiger charge is 2.16. The van der Waals surface area contributed by atoms with Crippen molar-refractivity contribution in [3.05, 3.63) is 127 Å². The zero-order valence-corrected chi connectivity index (χ0v) is 21.4. The van der Waals surface area contributed by atoms with E-state index >= 15 is 0 Å². The molecule has 0 N–H and O–H groups in total. The molecule has 6 nitrogen and oxygen atoms in total.